The quantitative estimate of drug-likeness (QED) is 0.640. The number of phenolic OH excluding ortho intramolecular Hbond substituents is 1. The molecule has 4 atom stereocenters. The van der Waals surface area contributed by atoms with Gasteiger partial charge in [0.2, 0.25) is 0 Å². The second-order valence-corrected chi connectivity index (χ2v) is 8.10. The van der Waals surface area contributed by atoms with E-state index in [1.807, 2.05) is 0 Å². The number of ether oxygens (including phenoxy) is 1. The average Bonchev–Trinajstić information content (AvgIpc) is 3.11. The van der Waals surface area contributed by atoms with E-state index in [0.717, 1.165) is 24.3 Å². The van der Waals surface area contributed by atoms with Crippen LogP contribution in [0.15, 0.2) is 30.3 Å². The molecule has 0 spiro atoms. The lowest BCUT2D eigenvalue weighted by atomic mass is 9.95. The first-order chi connectivity index (χ1) is 14.1. The van der Waals surface area contributed by atoms with Gasteiger partial charge in [0.15, 0.2) is 29.0 Å². The summed E-state index contributed by atoms with van der Waals surface area (Å²) in [6, 6.07) is 4.78. The predicted molar refractivity (Wildman–Crippen MR) is 97.9 cm³/mol. The Morgan fingerprint density at radius 2 is 1.80 bits per heavy atom. The minimum atomic E-state index is -1.21. The molecule has 0 bridgehead atoms. The molecule has 1 heterocycles. The number of aromatic hydroxyl groups is 1. The Morgan fingerprint density at radius 3 is 2.43 bits per heavy atom. The average molecular weight is 427 g/mol. The molecule has 2 aliphatic rings. The fourth-order valence-electron chi connectivity index (χ4n) is 4.49. The van der Waals surface area contributed by atoms with Crippen LogP contribution in [-0.2, 0) is 0 Å². The third kappa shape index (κ3) is 3.97. The van der Waals surface area contributed by atoms with Gasteiger partial charge in [-0.15, -0.1) is 0 Å². The van der Waals surface area contributed by atoms with Crippen molar-refractivity contribution in [3.63, 3.8) is 0 Å². The second-order valence-electron chi connectivity index (χ2n) is 8.10. The third-order valence-corrected chi connectivity index (χ3v) is 5.91. The molecule has 1 saturated carbocycles. The summed E-state index contributed by atoms with van der Waals surface area (Å²) in [7, 11) is 0. The first-order valence-electron chi connectivity index (χ1n) is 9.57. The summed E-state index contributed by atoms with van der Waals surface area (Å²) < 4.78 is 59.5. The smallest absolute Gasteiger partial charge is 0.187 e. The summed E-state index contributed by atoms with van der Waals surface area (Å²) in [5, 5.41) is 30.5. The van der Waals surface area contributed by atoms with E-state index >= 15 is 0 Å². The van der Waals surface area contributed by atoms with Crippen molar-refractivity contribution in [3.8, 4) is 11.5 Å². The molecular weight excluding hydrogens is 406 g/mol. The number of aliphatic hydroxyl groups is 2. The molecule has 0 amide bonds. The van der Waals surface area contributed by atoms with Gasteiger partial charge in [-0.25, -0.2) is 17.6 Å². The summed E-state index contributed by atoms with van der Waals surface area (Å²) in [5.74, 6) is -5.19. The summed E-state index contributed by atoms with van der Waals surface area (Å²) in [6.45, 7) is 0.673. The van der Waals surface area contributed by atoms with Crippen LogP contribution in [0.4, 0.5) is 17.6 Å². The van der Waals surface area contributed by atoms with Crippen LogP contribution in [0.25, 0.3) is 0 Å². The molecule has 3 N–H and O–H groups in total. The Kier molecular flexibility index (Phi) is 5.37. The zero-order valence-electron chi connectivity index (χ0n) is 15.9. The minimum absolute atomic E-state index is 0.0140. The zero-order valence-corrected chi connectivity index (χ0v) is 15.9. The van der Waals surface area contributed by atoms with Gasteiger partial charge < -0.3 is 20.1 Å². The fourth-order valence-corrected chi connectivity index (χ4v) is 4.49. The van der Waals surface area contributed by atoms with Gasteiger partial charge in [0.05, 0.1) is 11.7 Å². The molecule has 0 radical (unpaired) electrons. The lowest BCUT2D eigenvalue weighted by molar-refractivity contribution is 0.0175. The Bertz CT molecular complexity index is 936. The van der Waals surface area contributed by atoms with Gasteiger partial charge in [-0.05, 0) is 36.2 Å². The minimum Gasteiger partial charge on any atom is -0.503 e. The van der Waals surface area contributed by atoms with E-state index in [0.29, 0.717) is 13.0 Å². The largest absolute Gasteiger partial charge is 0.503 e. The van der Waals surface area contributed by atoms with Crippen molar-refractivity contribution in [1.82, 2.24) is 4.90 Å². The number of benzene rings is 2. The summed E-state index contributed by atoms with van der Waals surface area (Å²) in [5.41, 5.74) is -1.12. The molecule has 1 saturated heterocycles. The van der Waals surface area contributed by atoms with Crippen LogP contribution in [0.5, 0.6) is 11.5 Å². The number of fused-ring (bicyclic) bond motifs is 1. The zero-order chi connectivity index (χ0) is 21.6. The van der Waals surface area contributed by atoms with Crippen LogP contribution in [0.3, 0.4) is 0 Å². The van der Waals surface area contributed by atoms with Gasteiger partial charge in [-0.1, -0.05) is 0 Å². The molecular formula is C21H21F4NO4. The van der Waals surface area contributed by atoms with E-state index in [-0.39, 0.29) is 36.7 Å². The van der Waals surface area contributed by atoms with Gasteiger partial charge in [-0.3, -0.25) is 4.90 Å². The summed E-state index contributed by atoms with van der Waals surface area (Å²) in [6.07, 6.45) is -0.962. The maximum absolute atomic E-state index is 13.8. The van der Waals surface area contributed by atoms with Crippen molar-refractivity contribution >= 4 is 0 Å². The first kappa shape index (κ1) is 20.9. The van der Waals surface area contributed by atoms with Gasteiger partial charge in [0, 0.05) is 38.0 Å². The highest BCUT2D eigenvalue weighted by atomic mass is 19.1. The third-order valence-electron chi connectivity index (χ3n) is 5.91. The van der Waals surface area contributed by atoms with E-state index in [9.17, 15) is 32.9 Å². The van der Waals surface area contributed by atoms with E-state index in [1.54, 1.807) is 4.90 Å². The van der Waals surface area contributed by atoms with Gasteiger partial charge in [0.1, 0.15) is 11.9 Å². The van der Waals surface area contributed by atoms with Crippen molar-refractivity contribution < 1.29 is 37.6 Å². The van der Waals surface area contributed by atoms with Crippen LogP contribution >= 0.6 is 0 Å². The number of hydrogen-bond acceptors (Lipinski definition) is 5. The van der Waals surface area contributed by atoms with Crippen molar-refractivity contribution in [2.24, 2.45) is 5.92 Å². The van der Waals surface area contributed by atoms with Crippen LogP contribution < -0.4 is 4.74 Å². The highest BCUT2D eigenvalue weighted by Crippen LogP contribution is 2.43. The van der Waals surface area contributed by atoms with E-state index in [4.69, 9.17) is 4.74 Å². The number of hydrogen-bond donors (Lipinski definition) is 3. The molecule has 1 aliphatic heterocycles. The lowest BCUT2D eigenvalue weighted by Gasteiger charge is -2.25. The molecule has 2 aromatic rings. The van der Waals surface area contributed by atoms with E-state index in [2.05, 4.69) is 0 Å². The van der Waals surface area contributed by atoms with Crippen molar-refractivity contribution in [3.05, 3.63) is 59.2 Å². The van der Waals surface area contributed by atoms with Crippen LogP contribution in [-0.4, -0.2) is 51.6 Å². The summed E-state index contributed by atoms with van der Waals surface area (Å²) in [4.78, 5) is 1.78. The highest BCUT2D eigenvalue weighted by Gasteiger charge is 2.53. The number of β-amino-alcohol motifs (C(OH)–C–C–N with tert-alkyl or cyclic N) is 2. The van der Waals surface area contributed by atoms with Gasteiger partial charge in [-0.2, -0.15) is 0 Å². The number of likely N-dealkylation sites (tertiary alicyclic amines) is 1. The van der Waals surface area contributed by atoms with Crippen molar-refractivity contribution in [2.45, 2.75) is 30.7 Å². The standard InChI is InChI=1S/C21H21F4NO4/c22-13-1-2-19(15(23)6-13)30-14-5-12-8-26(10-21(12,29)7-14)9-18(27)11-3-16(24)20(28)17(25)4-11/h1-4,6,12,14,18,27-29H,5,7-10H2/t12-,14+,18+,21-/m1/s1. The number of aliphatic hydroxyl groups excluding tert-OH is 1. The first-order valence-corrected chi connectivity index (χ1v) is 9.57. The Balaban J connectivity index is 1.37. The monoisotopic (exact) mass is 427 g/mol. The molecule has 5 nitrogen and oxygen atoms in total. The maximum Gasteiger partial charge on any atom is 0.187 e. The van der Waals surface area contributed by atoms with Crippen LogP contribution in [0.1, 0.15) is 24.5 Å². The van der Waals surface area contributed by atoms with E-state index < -0.39 is 46.8 Å². The number of halogens is 4. The molecule has 0 unspecified atom stereocenters. The Labute approximate surface area is 170 Å². The fraction of sp³-hybridized carbons (Fsp3) is 0.429. The molecule has 2 aromatic carbocycles. The molecule has 9 heteroatoms. The Hall–Kier alpha value is -2.36. The van der Waals surface area contributed by atoms with Gasteiger partial charge in [0.25, 0.3) is 0 Å². The van der Waals surface area contributed by atoms with Crippen LogP contribution in [0.2, 0.25) is 0 Å². The van der Waals surface area contributed by atoms with Crippen LogP contribution in [0, 0.1) is 29.2 Å². The normalized spacial score (nSPS) is 27.3. The maximum atomic E-state index is 13.8. The highest BCUT2D eigenvalue weighted by molar-refractivity contribution is 5.31. The molecule has 1 aliphatic carbocycles. The number of nitrogens with zero attached hydrogens (tertiary/aromatic N) is 1. The van der Waals surface area contributed by atoms with Crippen molar-refractivity contribution in [1.29, 1.82) is 0 Å². The SMILES string of the molecule is Oc1c(F)cc([C@@H](O)CN2C[C@H]3C[C@H](Oc4ccc(F)cc4F)C[C@@]3(O)C2)cc1F. The predicted octanol–water partition coefficient (Wildman–Crippen LogP) is 2.89. The van der Waals surface area contributed by atoms with Gasteiger partial charge >= 0.3 is 0 Å². The second kappa shape index (κ2) is 7.72. The number of rotatable bonds is 5. The molecule has 30 heavy (non-hydrogen) atoms. The van der Waals surface area contributed by atoms with Crippen molar-refractivity contribution in [2.75, 3.05) is 19.6 Å². The molecule has 4 rings (SSSR count). The Morgan fingerprint density at radius 1 is 1.10 bits per heavy atom. The topological polar surface area (TPSA) is 73.2 Å². The number of phenols is 1. The van der Waals surface area contributed by atoms with E-state index in [1.165, 1.54) is 6.07 Å². The molecule has 162 valence electrons. The molecule has 2 fully saturated rings. The summed E-state index contributed by atoms with van der Waals surface area (Å²) >= 11 is 0. The molecule has 0 aromatic heterocycles. The lowest BCUT2D eigenvalue weighted by Crippen LogP contribution is -2.36.